The SMILES string of the molecule is CC[NH+](CC)CC[C@@H](Cc1ccccc1)[C@H]1CCCO1. The lowest BCUT2D eigenvalue weighted by molar-refractivity contribution is -0.897. The number of ether oxygens (including phenoxy) is 1. The Labute approximate surface area is 124 Å². The van der Waals surface area contributed by atoms with Gasteiger partial charge in [-0.15, -0.1) is 0 Å². The molecule has 1 heterocycles. The fourth-order valence-electron chi connectivity index (χ4n) is 3.30. The molecule has 2 rings (SSSR count). The normalized spacial score (nSPS) is 20.4. The molecule has 0 amide bonds. The maximum absolute atomic E-state index is 5.98. The smallest absolute Gasteiger partial charge is 0.0774 e. The Bertz CT molecular complexity index is 355. The first kappa shape index (κ1) is 15.5. The average molecular weight is 276 g/mol. The van der Waals surface area contributed by atoms with E-state index in [9.17, 15) is 0 Å². The minimum Gasteiger partial charge on any atom is -0.378 e. The second-order valence-corrected chi connectivity index (χ2v) is 6.00. The number of benzene rings is 1. The molecular formula is C18H30NO+. The molecule has 2 heteroatoms. The summed E-state index contributed by atoms with van der Waals surface area (Å²) >= 11 is 0. The van der Waals surface area contributed by atoms with Gasteiger partial charge in [0.05, 0.1) is 25.7 Å². The van der Waals surface area contributed by atoms with Gasteiger partial charge in [0, 0.05) is 13.0 Å². The fourth-order valence-corrected chi connectivity index (χ4v) is 3.30. The van der Waals surface area contributed by atoms with Crippen LogP contribution in [0.4, 0.5) is 0 Å². The summed E-state index contributed by atoms with van der Waals surface area (Å²) < 4.78 is 5.98. The molecule has 0 bridgehead atoms. The predicted octanol–water partition coefficient (Wildman–Crippen LogP) is 2.34. The third-order valence-corrected chi connectivity index (χ3v) is 4.70. The van der Waals surface area contributed by atoms with Crippen LogP contribution in [0.25, 0.3) is 0 Å². The van der Waals surface area contributed by atoms with Crippen molar-refractivity contribution in [1.29, 1.82) is 0 Å². The van der Waals surface area contributed by atoms with Crippen LogP contribution in [0.1, 0.15) is 38.7 Å². The van der Waals surface area contributed by atoms with Gasteiger partial charge in [-0.2, -0.15) is 0 Å². The Morgan fingerprint density at radius 1 is 1.20 bits per heavy atom. The van der Waals surface area contributed by atoms with Crippen molar-refractivity contribution in [3.05, 3.63) is 35.9 Å². The van der Waals surface area contributed by atoms with E-state index in [0.717, 1.165) is 6.61 Å². The molecule has 20 heavy (non-hydrogen) atoms. The highest BCUT2D eigenvalue weighted by atomic mass is 16.5. The van der Waals surface area contributed by atoms with Crippen LogP contribution < -0.4 is 4.90 Å². The zero-order chi connectivity index (χ0) is 14.2. The molecular weight excluding hydrogens is 246 g/mol. The summed E-state index contributed by atoms with van der Waals surface area (Å²) in [5.74, 6) is 0.688. The average Bonchev–Trinajstić information content (AvgIpc) is 3.02. The molecule has 1 fully saturated rings. The van der Waals surface area contributed by atoms with Gasteiger partial charge in [0.25, 0.3) is 0 Å². The first-order chi connectivity index (χ1) is 9.83. The number of nitrogens with one attached hydrogen (secondary N) is 1. The van der Waals surface area contributed by atoms with Crippen LogP contribution in [0.3, 0.4) is 0 Å². The molecule has 1 aromatic rings. The van der Waals surface area contributed by atoms with Gasteiger partial charge in [-0.3, -0.25) is 0 Å². The van der Waals surface area contributed by atoms with E-state index in [1.54, 1.807) is 4.90 Å². The van der Waals surface area contributed by atoms with Crippen LogP contribution in [-0.4, -0.2) is 32.3 Å². The fraction of sp³-hybridized carbons (Fsp3) is 0.667. The summed E-state index contributed by atoms with van der Waals surface area (Å²) in [5.41, 5.74) is 1.46. The molecule has 1 N–H and O–H groups in total. The first-order valence-electron chi connectivity index (χ1n) is 8.32. The molecule has 0 radical (unpaired) electrons. The lowest BCUT2D eigenvalue weighted by atomic mass is 9.89. The van der Waals surface area contributed by atoms with Crippen LogP contribution in [-0.2, 0) is 11.2 Å². The maximum Gasteiger partial charge on any atom is 0.0774 e. The van der Waals surface area contributed by atoms with E-state index in [4.69, 9.17) is 4.74 Å². The van der Waals surface area contributed by atoms with Crippen LogP contribution in [0.15, 0.2) is 30.3 Å². The van der Waals surface area contributed by atoms with E-state index >= 15 is 0 Å². The highest BCUT2D eigenvalue weighted by molar-refractivity contribution is 5.15. The van der Waals surface area contributed by atoms with Crippen molar-refractivity contribution in [2.24, 2.45) is 5.92 Å². The van der Waals surface area contributed by atoms with Crippen molar-refractivity contribution in [2.75, 3.05) is 26.2 Å². The molecule has 1 aliphatic rings. The van der Waals surface area contributed by atoms with E-state index < -0.39 is 0 Å². The monoisotopic (exact) mass is 276 g/mol. The van der Waals surface area contributed by atoms with Crippen molar-refractivity contribution in [3.8, 4) is 0 Å². The second kappa shape index (κ2) is 8.43. The Kier molecular flexibility index (Phi) is 6.55. The Morgan fingerprint density at radius 3 is 2.55 bits per heavy atom. The number of quaternary nitrogens is 1. The largest absolute Gasteiger partial charge is 0.378 e. The number of rotatable bonds is 8. The molecule has 0 spiro atoms. The predicted molar refractivity (Wildman–Crippen MR) is 84.1 cm³/mol. The van der Waals surface area contributed by atoms with Crippen LogP contribution in [0.2, 0.25) is 0 Å². The highest BCUT2D eigenvalue weighted by Gasteiger charge is 2.26. The lowest BCUT2D eigenvalue weighted by Crippen LogP contribution is -3.11. The molecule has 1 aromatic carbocycles. The Morgan fingerprint density at radius 2 is 1.95 bits per heavy atom. The third kappa shape index (κ3) is 4.60. The van der Waals surface area contributed by atoms with Crippen LogP contribution in [0, 0.1) is 5.92 Å². The summed E-state index contributed by atoms with van der Waals surface area (Å²) in [6.07, 6.45) is 5.45. The summed E-state index contributed by atoms with van der Waals surface area (Å²) in [7, 11) is 0. The maximum atomic E-state index is 5.98. The van der Waals surface area contributed by atoms with E-state index in [2.05, 4.69) is 44.2 Å². The molecule has 0 saturated carbocycles. The molecule has 112 valence electrons. The Balaban J connectivity index is 1.93. The molecule has 2 atom stereocenters. The minimum atomic E-state index is 0.491. The van der Waals surface area contributed by atoms with Gasteiger partial charge in [-0.1, -0.05) is 30.3 Å². The van der Waals surface area contributed by atoms with Crippen LogP contribution in [0.5, 0.6) is 0 Å². The zero-order valence-corrected chi connectivity index (χ0v) is 13.1. The summed E-state index contributed by atoms with van der Waals surface area (Å²) in [6.45, 7) is 9.30. The minimum absolute atomic E-state index is 0.491. The molecule has 1 saturated heterocycles. The van der Waals surface area contributed by atoms with E-state index in [1.165, 1.54) is 50.9 Å². The quantitative estimate of drug-likeness (QED) is 0.769. The lowest BCUT2D eigenvalue weighted by Gasteiger charge is -2.25. The van der Waals surface area contributed by atoms with Gasteiger partial charge < -0.3 is 9.64 Å². The molecule has 0 unspecified atom stereocenters. The molecule has 0 aliphatic carbocycles. The van der Waals surface area contributed by atoms with Gasteiger partial charge in [-0.25, -0.2) is 0 Å². The van der Waals surface area contributed by atoms with Crippen LogP contribution >= 0.6 is 0 Å². The van der Waals surface area contributed by atoms with Gasteiger partial charge in [0.2, 0.25) is 0 Å². The Hall–Kier alpha value is -0.860. The van der Waals surface area contributed by atoms with Gasteiger partial charge >= 0.3 is 0 Å². The topological polar surface area (TPSA) is 13.7 Å². The molecule has 2 nitrogen and oxygen atoms in total. The number of hydrogen-bond donors (Lipinski definition) is 1. The second-order valence-electron chi connectivity index (χ2n) is 6.00. The molecule has 1 aliphatic heterocycles. The van der Waals surface area contributed by atoms with Crippen molar-refractivity contribution in [3.63, 3.8) is 0 Å². The van der Waals surface area contributed by atoms with E-state index in [1.807, 2.05) is 0 Å². The van der Waals surface area contributed by atoms with E-state index in [-0.39, 0.29) is 0 Å². The van der Waals surface area contributed by atoms with E-state index in [0.29, 0.717) is 12.0 Å². The zero-order valence-electron chi connectivity index (χ0n) is 13.1. The van der Waals surface area contributed by atoms with Crippen molar-refractivity contribution in [2.45, 2.75) is 45.6 Å². The standard InChI is InChI=1S/C18H29NO/c1-3-19(4-2)13-12-17(18-11-8-14-20-18)15-16-9-6-5-7-10-16/h5-7,9-10,17-18H,3-4,8,11-15H2,1-2H3/p+1/t17-,18+/m0/s1. The van der Waals surface area contributed by atoms with Crippen molar-refractivity contribution in [1.82, 2.24) is 0 Å². The van der Waals surface area contributed by atoms with Crippen molar-refractivity contribution >= 4 is 0 Å². The highest BCUT2D eigenvalue weighted by Crippen LogP contribution is 2.25. The van der Waals surface area contributed by atoms with Gasteiger partial charge in [0.1, 0.15) is 0 Å². The summed E-state index contributed by atoms with van der Waals surface area (Å²) in [6, 6.07) is 10.9. The van der Waals surface area contributed by atoms with Gasteiger partial charge in [-0.05, 0) is 44.6 Å². The third-order valence-electron chi connectivity index (χ3n) is 4.70. The summed E-state index contributed by atoms with van der Waals surface area (Å²) in [4.78, 5) is 1.71. The number of hydrogen-bond acceptors (Lipinski definition) is 1. The first-order valence-corrected chi connectivity index (χ1v) is 8.32. The van der Waals surface area contributed by atoms with Gasteiger partial charge in [0.15, 0.2) is 0 Å². The molecule has 0 aromatic heterocycles. The summed E-state index contributed by atoms with van der Waals surface area (Å²) in [5, 5.41) is 0. The van der Waals surface area contributed by atoms with Crippen molar-refractivity contribution < 1.29 is 9.64 Å².